The van der Waals surface area contributed by atoms with Crippen LogP contribution in [0, 0.1) is 0 Å². The monoisotopic (exact) mass is 331 g/mol. The molecule has 0 aliphatic rings. The highest BCUT2D eigenvalue weighted by Gasteiger charge is 2.19. The molecular formula is C13H25N5O3S. The highest BCUT2D eigenvalue weighted by Crippen LogP contribution is 2.10. The molecule has 0 spiro atoms. The molecule has 126 valence electrons. The molecule has 0 aliphatic heterocycles. The van der Waals surface area contributed by atoms with Crippen molar-refractivity contribution in [2.75, 3.05) is 46.2 Å². The molecule has 8 nitrogen and oxygen atoms in total. The Morgan fingerprint density at radius 1 is 1.14 bits per heavy atom. The van der Waals surface area contributed by atoms with Crippen molar-refractivity contribution in [1.82, 2.24) is 18.6 Å². The maximum atomic E-state index is 11.9. The average molecular weight is 331 g/mol. The zero-order chi connectivity index (χ0) is 16.8. The van der Waals surface area contributed by atoms with Crippen LogP contribution in [0.4, 0.5) is 5.82 Å². The van der Waals surface area contributed by atoms with Crippen LogP contribution in [0.5, 0.6) is 0 Å². The van der Waals surface area contributed by atoms with Gasteiger partial charge >= 0.3 is 0 Å². The zero-order valence-electron chi connectivity index (χ0n) is 13.6. The van der Waals surface area contributed by atoms with Gasteiger partial charge in [0.05, 0.1) is 0 Å². The van der Waals surface area contributed by atoms with Crippen molar-refractivity contribution < 1.29 is 13.5 Å². The summed E-state index contributed by atoms with van der Waals surface area (Å²) in [5, 5.41) is 9.03. The maximum Gasteiger partial charge on any atom is 0.281 e. The van der Waals surface area contributed by atoms with Crippen molar-refractivity contribution in [2.24, 2.45) is 0 Å². The lowest BCUT2D eigenvalue weighted by Crippen LogP contribution is -2.38. The van der Waals surface area contributed by atoms with Crippen molar-refractivity contribution in [1.29, 1.82) is 0 Å². The highest BCUT2D eigenvalue weighted by atomic mass is 32.2. The summed E-state index contributed by atoms with van der Waals surface area (Å²) in [5.74, 6) is 1.13. The molecule has 1 aromatic heterocycles. The Morgan fingerprint density at radius 3 is 2.36 bits per heavy atom. The van der Waals surface area contributed by atoms with Crippen LogP contribution in [0.15, 0.2) is 12.3 Å². The zero-order valence-corrected chi connectivity index (χ0v) is 14.4. The summed E-state index contributed by atoms with van der Waals surface area (Å²) in [6, 6.07) is 1.78. The van der Waals surface area contributed by atoms with E-state index >= 15 is 0 Å². The van der Waals surface area contributed by atoms with E-state index in [1.165, 1.54) is 22.7 Å². The normalized spacial score (nSPS) is 12.1. The summed E-state index contributed by atoms with van der Waals surface area (Å²) in [6.45, 7) is 1.03. The second-order valence-electron chi connectivity index (χ2n) is 5.23. The first kappa shape index (κ1) is 18.8. The number of unbranched alkanes of at least 4 members (excludes halogenated alkanes) is 1. The highest BCUT2D eigenvalue weighted by molar-refractivity contribution is 7.86. The smallest absolute Gasteiger partial charge is 0.281 e. The second kappa shape index (κ2) is 8.37. The number of anilines is 1. The molecule has 0 bridgehead atoms. The summed E-state index contributed by atoms with van der Waals surface area (Å²) in [4.78, 5) is 10.1. The van der Waals surface area contributed by atoms with Gasteiger partial charge in [-0.25, -0.2) is 9.97 Å². The lowest BCUT2D eigenvalue weighted by Gasteiger charge is -2.22. The van der Waals surface area contributed by atoms with E-state index in [0.29, 0.717) is 12.4 Å². The van der Waals surface area contributed by atoms with E-state index < -0.39 is 10.2 Å². The summed E-state index contributed by atoms with van der Waals surface area (Å²) in [7, 11) is 3.20. The van der Waals surface area contributed by atoms with Crippen LogP contribution in [-0.4, -0.2) is 73.4 Å². The van der Waals surface area contributed by atoms with Crippen molar-refractivity contribution in [2.45, 2.75) is 19.4 Å². The Balaban J connectivity index is 2.41. The Hall–Kier alpha value is -1.29. The first-order valence-corrected chi connectivity index (χ1v) is 8.46. The molecule has 0 unspecified atom stereocenters. The van der Waals surface area contributed by atoms with Gasteiger partial charge in [-0.2, -0.15) is 17.0 Å². The van der Waals surface area contributed by atoms with Crippen molar-refractivity contribution >= 4 is 16.0 Å². The molecule has 9 heteroatoms. The fourth-order valence-corrected chi connectivity index (χ4v) is 2.79. The van der Waals surface area contributed by atoms with Gasteiger partial charge in [-0.05, 0) is 18.9 Å². The standard InChI is InChI=1S/C13H25N5O3S/c1-16(2)22(20,21)18(4)10-6-5-9-17(3)13-7-8-14-12(11-19)15-13/h7-8,19H,5-6,9-11H2,1-4H3. The topological polar surface area (TPSA) is 89.9 Å². The van der Waals surface area contributed by atoms with Crippen molar-refractivity contribution in [3.8, 4) is 0 Å². The molecule has 0 aliphatic carbocycles. The summed E-state index contributed by atoms with van der Waals surface area (Å²) < 4.78 is 26.3. The predicted octanol–water partition coefficient (Wildman–Crippen LogP) is -0.0765. The van der Waals surface area contributed by atoms with Crippen LogP contribution in [0.1, 0.15) is 18.7 Å². The fourth-order valence-electron chi connectivity index (χ4n) is 1.87. The third-order valence-electron chi connectivity index (χ3n) is 3.30. The molecular weight excluding hydrogens is 306 g/mol. The van der Waals surface area contributed by atoms with Crippen molar-refractivity contribution in [3.05, 3.63) is 18.1 Å². The quantitative estimate of drug-likeness (QED) is 0.637. The third-order valence-corrected chi connectivity index (χ3v) is 5.19. The molecule has 0 atom stereocenters. The van der Waals surface area contributed by atoms with E-state index in [2.05, 4.69) is 9.97 Å². The van der Waals surface area contributed by atoms with Gasteiger partial charge in [-0.1, -0.05) is 0 Å². The molecule has 22 heavy (non-hydrogen) atoms. The molecule has 0 amide bonds. The van der Waals surface area contributed by atoms with Gasteiger partial charge in [0.15, 0.2) is 5.82 Å². The lowest BCUT2D eigenvalue weighted by molar-refractivity contribution is 0.271. The van der Waals surface area contributed by atoms with Crippen LogP contribution in [0.2, 0.25) is 0 Å². The molecule has 1 aromatic rings. The average Bonchev–Trinajstić information content (AvgIpc) is 2.50. The molecule has 0 aromatic carbocycles. The molecule has 1 rings (SSSR count). The van der Waals surface area contributed by atoms with Crippen LogP contribution < -0.4 is 4.90 Å². The van der Waals surface area contributed by atoms with E-state index in [4.69, 9.17) is 5.11 Å². The number of hydrogen-bond acceptors (Lipinski definition) is 6. The van der Waals surface area contributed by atoms with Gasteiger partial charge in [-0.3, -0.25) is 0 Å². The van der Waals surface area contributed by atoms with Crippen LogP contribution in [0.3, 0.4) is 0 Å². The molecule has 0 saturated heterocycles. The summed E-state index contributed by atoms with van der Waals surface area (Å²) >= 11 is 0. The Morgan fingerprint density at radius 2 is 1.77 bits per heavy atom. The minimum Gasteiger partial charge on any atom is -0.388 e. The minimum absolute atomic E-state index is 0.186. The minimum atomic E-state index is -3.33. The van der Waals surface area contributed by atoms with Gasteiger partial charge in [-0.15, -0.1) is 0 Å². The van der Waals surface area contributed by atoms with E-state index in [1.807, 2.05) is 11.9 Å². The summed E-state index contributed by atoms with van der Waals surface area (Å²) in [6.07, 6.45) is 3.20. The Labute approximate surface area is 132 Å². The summed E-state index contributed by atoms with van der Waals surface area (Å²) in [5.41, 5.74) is 0. The first-order chi connectivity index (χ1) is 10.3. The number of aliphatic hydroxyl groups excluding tert-OH is 1. The Kier molecular flexibility index (Phi) is 7.14. The number of nitrogens with zero attached hydrogens (tertiary/aromatic N) is 5. The number of hydrogen-bond donors (Lipinski definition) is 1. The lowest BCUT2D eigenvalue weighted by atomic mass is 10.3. The van der Waals surface area contributed by atoms with E-state index in [9.17, 15) is 8.42 Å². The van der Waals surface area contributed by atoms with Crippen LogP contribution in [0.25, 0.3) is 0 Å². The third kappa shape index (κ3) is 5.16. The predicted molar refractivity (Wildman–Crippen MR) is 85.7 cm³/mol. The van der Waals surface area contributed by atoms with Crippen molar-refractivity contribution in [3.63, 3.8) is 0 Å². The second-order valence-corrected chi connectivity index (χ2v) is 7.48. The van der Waals surface area contributed by atoms with E-state index in [-0.39, 0.29) is 6.61 Å². The van der Waals surface area contributed by atoms with Gasteiger partial charge in [0.2, 0.25) is 0 Å². The van der Waals surface area contributed by atoms with E-state index in [1.54, 1.807) is 19.3 Å². The fraction of sp³-hybridized carbons (Fsp3) is 0.692. The largest absolute Gasteiger partial charge is 0.388 e. The molecule has 1 heterocycles. The van der Waals surface area contributed by atoms with Gasteiger partial charge in [0.1, 0.15) is 12.4 Å². The Bertz CT molecular complexity index is 565. The van der Waals surface area contributed by atoms with E-state index in [0.717, 1.165) is 25.2 Å². The number of aliphatic hydroxyl groups is 1. The number of rotatable bonds is 9. The number of aromatic nitrogens is 2. The molecule has 0 radical (unpaired) electrons. The van der Waals surface area contributed by atoms with Crippen LogP contribution >= 0.6 is 0 Å². The van der Waals surface area contributed by atoms with Gasteiger partial charge in [0.25, 0.3) is 10.2 Å². The van der Waals surface area contributed by atoms with Gasteiger partial charge < -0.3 is 10.0 Å². The maximum absolute atomic E-state index is 11.9. The molecule has 0 fully saturated rings. The first-order valence-electron chi connectivity index (χ1n) is 7.06. The SMILES string of the molecule is CN(CCCCN(C)S(=O)(=O)N(C)C)c1ccnc(CO)n1. The molecule has 0 saturated carbocycles. The van der Waals surface area contributed by atoms with Gasteiger partial charge in [0, 0.05) is 47.5 Å². The molecule has 1 N–H and O–H groups in total. The van der Waals surface area contributed by atoms with Crippen LogP contribution in [-0.2, 0) is 16.8 Å².